The maximum Gasteiger partial charge on any atom is 0.243 e. The first-order valence-electron chi connectivity index (χ1n) is 6.18. The molecule has 1 aliphatic heterocycles. The van der Waals surface area contributed by atoms with Gasteiger partial charge in [0.25, 0.3) is 0 Å². The third-order valence-corrected chi connectivity index (χ3v) is 5.02. The fourth-order valence-corrected chi connectivity index (χ4v) is 3.60. The predicted octanol–water partition coefficient (Wildman–Crippen LogP) is -0.370. The van der Waals surface area contributed by atoms with Gasteiger partial charge in [-0.05, 0) is 24.1 Å². The molecule has 1 aromatic carbocycles. The van der Waals surface area contributed by atoms with Crippen molar-refractivity contribution in [1.29, 1.82) is 0 Å². The van der Waals surface area contributed by atoms with Crippen LogP contribution in [0.1, 0.15) is 5.56 Å². The van der Waals surface area contributed by atoms with Crippen molar-refractivity contribution in [3.05, 3.63) is 23.8 Å². The minimum Gasteiger partial charge on any atom is -0.395 e. The van der Waals surface area contributed by atoms with Crippen molar-refractivity contribution >= 4 is 15.7 Å². The van der Waals surface area contributed by atoms with Crippen LogP contribution < -0.4 is 5.32 Å². The molecule has 0 bridgehead atoms. The number of sulfonamides is 1. The second-order valence-corrected chi connectivity index (χ2v) is 6.28. The Bertz CT molecular complexity index is 539. The van der Waals surface area contributed by atoms with E-state index in [4.69, 9.17) is 10.2 Å². The van der Waals surface area contributed by atoms with E-state index in [1.807, 2.05) is 0 Å². The topological polar surface area (TPSA) is 89.9 Å². The van der Waals surface area contributed by atoms with Crippen LogP contribution in [-0.4, -0.2) is 55.8 Å². The molecule has 1 aliphatic rings. The number of nitrogens with one attached hydrogen (secondary N) is 1. The van der Waals surface area contributed by atoms with Crippen LogP contribution in [0, 0.1) is 0 Å². The maximum atomic E-state index is 12.4. The minimum absolute atomic E-state index is 0.0204. The lowest BCUT2D eigenvalue weighted by Crippen LogP contribution is -2.35. The molecule has 0 radical (unpaired) electrons. The van der Waals surface area contributed by atoms with Gasteiger partial charge in [-0.1, -0.05) is 6.07 Å². The maximum absolute atomic E-state index is 12.4. The highest BCUT2D eigenvalue weighted by Crippen LogP contribution is 2.26. The lowest BCUT2D eigenvalue weighted by Gasteiger charge is -2.20. The second kappa shape index (κ2) is 5.87. The fraction of sp³-hybridized carbons (Fsp3) is 0.500. The van der Waals surface area contributed by atoms with E-state index in [1.54, 1.807) is 18.2 Å². The zero-order valence-corrected chi connectivity index (χ0v) is 11.4. The molecule has 0 amide bonds. The zero-order valence-electron chi connectivity index (χ0n) is 10.5. The molecule has 3 N–H and O–H groups in total. The van der Waals surface area contributed by atoms with Gasteiger partial charge in [0.15, 0.2) is 0 Å². The fourth-order valence-electron chi connectivity index (χ4n) is 2.15. The molecule has 1 heterocycles. The average Bonchev–Trinajstić information content (AvgIpc) is 2.85. The van der Waals surface area contributed by atoms with E-state index in [9.17, 15) is 8.42 Å². The summed E-state index contributed by atoms with van der Waals surface area (Å²) in [5.74, 6) is 0. The van der Waals surface area contributed by atoms with Crippen LogP contribution in [0.2, 0.25) is 0 Å². The molecule has 106 valence electrons. The number of hydrogen-bond donors (Lipinski definition) is 3. The van der Waals surface area contributed by atoms with E-state index in [2.05, 4.69) is 5.32 Å². The van der Waals surface area contributed by atoms with Crippen LogP contribution in [0.4, 0.5) is 5.69 Å². The molecule has 0 aromatic heterocycles. The Morgan fingerprint density at radius 1 is 1.21 bits per heavy atom. The summed E-state index contributed by atoms with van der Waals surface area (Å²) >= 11 is 0. The van der Waals surface area contributed by atoms with Gasteiger partial charge in [-0.15, -0.1) is 0 Å². The Kier molecular flexibility index (Phi) is 4.41. The molecular formula is C12H18N2O4S. The van der Waals surface area contributed by atoms with Crippen molar-refractivity contribution < 1.29 is 18.6 Å². The summed E-state index contributed by atoms with van der Waals surface area (Å²) in [4.78, 5) is 0.183. The van der Waals surface area contributed by atoms with Crippen molar-refractivity contribution in [2.75, 3.05) is 38.2 Å². The van der Waals surface area contributed by atoms with Crippen LogP contribution in [0.5, 0.6) is 0 Å². The molecule has 0 atom stereocenters. The average molecular weight is 286 g/mol. The molecule has 1 aromatic rings. The van der Waals surface area contributed by atoms with E-state index in [0.29, 0.717) is 0 Å². The molecule has 19 heavy (non-hydrogen) atoms. The smallest absolute Gasteiger partial charge is 0.243 e. The van der Waals surface area contributed by atoms with Crippen LogP contribution >= 0.6 is 0 Å². The van der Waals surface area contributed by atoms with Gasteiger partial charge in [0.2, 0.25) is 10.0 Å². The lowest BCUT2D eigenvalue weighted by molar-refractivity contribution is 0.217. The molecule has 0 unspecified atom stereocenters. The van der Waals surface area contributed by atoms with Gasteiger partial charge in [0.1, 0.15) is 0 Å². The molecule has 0 spiro atoms. The van der Waals surface area contributed by atoms with Crippen molar-refractivity contribution in [1.82, 2.24) is 4.31 Å². The van der Waals surface area contributed by atoms with Gasteiger partial charge in [0.05, 0.1) is 18.1 Å². The third kappa shape index (κ3) is 2.89. The largest absolute Gasteiger partial charge is 0.395 e. The highest BCUT2D eigenvalue weighted by atomic mass is 32.2. The Labute approximate surface area is 112 Å². The van der Waals surface area contributed by atoms with Crippen molar-refractivity contribution in [3.63, 3.8) is 0 Å². The van der Waals surface area contributed by atoms with Crippen molar-refractivity contribution in [2.45, 2.75) is 11.3 Å². The molecule has 0 fully saturated rings. The molecule has 2 rings (SSSR count). The number of hydrogen-bond acceptors (Lipinski definition) is 5. The van der Waals surface area contributed by atoms with Gasteiger partial charge in [-0.2, -0.15) is 4.31 Å². The van der Waals surface area contributed by atoms with E-state index >= 15 is 0 Å². The lowest BCUT2D eigenvalue weighted by atomic mass is 10.2. The number of nitrogens with zero attached hydrogens (tertiary/aromatic N) is 1. The van der Waals surface area contributed by atoms with Gasteiger partial charge in [0, 0.05) is 25.3 Å². The summed E-state index contributed by atoms with van der Waals surface area (Å²) in [6, 6.07) is 4.99. The van der Waals surface area contributed by atoms with Crippen LogP contribution in [0.15, 0.2) is 23.1 Å². The monoisotopic (exact) mass is 286 g/mol. The second-order valence-electron chi connectivity index (χ2n) is 4.35. The number of benzene rings is 1. The molecule has 0 saturated carbocycles. The predicted molar refractivity (Wildman–Crippen MR) is 71.6 cm³/mol. The highest BCUT2D eigenvalue weighted by Gasteiger charge is 2.25. The number of fused-ring (bicyclic) bond motifs is 1. The van der Waals surface area contributed by atoms with Gasteiger partial charge in [-0.25, -0.2) is 8.42 Å². The summed E-state index contributed by atoms with van der Waals surface area (Å²) in [5.41, 5.74) is 1.95. The Balaban J connectivity index is 2.32. The van der Waals surface area contributed by atoms with E-state index in [0.717, 1.165) is 28.5 Å². The number of rotatable bonds is 6. The number of aliphatic hydroxyl groups is 2. The standard InChI is InChI=1S/C12H18N2O4S/c15-7-5-14(6-8-16)19(17,18)11-2-1-10-3-4-13-12(10)9-11/h1-2,9,13,15-16H,3-8H2. The quantitative estimate of drug-likeness (QED) is 0.664. The summed E-state index contributed by atoms with van der Waals surface area (Å²) in [7, 11) is -3.67. The van der Waals surface area contributed by atoms with Gasteiger partial charge in [-0.3, -0.25) is 0 Å². The molecule has 0 saturated heterocycles. The van der Waals surface area contributed by atoms with Crippen LogP contribution in [0.25, 0.3) is 0 Å². The van der Waals surface area contributed by atoms with Gasteiger partial charge >= 0.3 is 0 Å². The third-order valence-electron chi connectivity index (χ3n) is 3.13. The summed E-state index contributed by atoms with van der Waals surface area (Å²) in [6.45, 7) is 0.224. The van der Waals surface area contributed by atoms with Crippen LogP contribution in [0.3, 0.4) is 0 Å². The summed E-state index contributed by atoms with van der Waals surface area (Å²) in [5, 5.41) is 21.0. The van der Waals surface area contributed by atoms with Gasteiger partial charge < -0.3 is 15.5 Å². The first-order valence-corrected chi connectivity index (χ1v) is 7.62. The Morgan fingerprint density at radius 3 is 2.53 bits per heavy atom. The normalized spacial score (nSPS) is 14.5. The summed E-state index contributed by atoms with van der Waals surface area (Å²) < 4.78 is 25.9. The van der Waals surface area contributed by atoms with Crippen LogP contribution in [-0.2, 0) is 16.4 Å². The Morgan fingerprint density at radius 2 is 1.89 bits per heavy atom. The zero-order chi connectivity index (χ0) is 13.9. The van der Waals surface area contributed by atoms with Crippen molar-refractivity contribution in [3.8, 4) is 0 Å². The Hall–Kier alpha value is -1.15. The van der Waals surface area contributed by atoms with E-state index < -0.39 is 10.0 Å². The number of aliphatic hydroxyl groups excluding tert-OH is 2. The molecule has 7 heteroatoms. The van der Waals surface area contributed by atoms with E-state index in [-0.39, 0.29) is 31.2 Å². The molecule has 6 nitrogen and oxygen atoms in total. The van der Waals surface area contributed by atoms with Crippen molar-refractivity contribution in [2.24, 2.45) is 0 Å². The minimum atomic E-state index is -3.67. The molecular weight excluding hydrogens is 268 g/mol. The van der Waals surface area contributed by atoms with E-state index in [1.165, 1.54) is 0 Å². The summed E-state index contributed by atoms with van der Waals surface area (Å²) in [6.07, 6.45) is 0.895. The highest BCUT2D eigenvalue weighted by molar-refractivity contribution is 7.89. The first-order chi connectivity index (χ1) is 9.09. The SMILES string of the molecule is O=S(=O)(c1ccc2c(c1)NCC2)N(CCO)CCO. The first kappa shape index (κ1) is 14.3. The number of anilines is 1. The molecule has 0 aliphatic carbocycles.